The van der Waals surface area contributed by atoms with E-state index in [2.05, 4.69) is 15.3 Å². The van der Waals surface area contributed by atoms with Crippen molar-refractivity contribution < 1.29 is 13.5 Å². The lowest BCUT2D eigenvalue weighted by molar-refractivity contribution is 0.0815. The summed E-state index contributed by atoms with van der Waals surface area (Å²) in [5.74, 6) is 0.586. The molecule has 1 fully saturated rings. The first-order valence-electron chi connectivity index (χ1n) is 7.38. The Bertz CT molecular complexity index is 846. The number of nitrogens with zero attached hydrogens (tertiary/aromatic N) is 2. The van der Waals surface area contributed by atoms with E-state index >= 15 is 0 Å². The maximum Gasteiger partial charge on any atom is 0.153 e. The number of hydrogen-bond donors (Lipinski definition) is 2. The molecule has 118 valence electrons. The molecule has 4 rings (SSSR count). The number of nitrogens with one attached hydrogen (secondary N) is 1. The van der Waals surface area contributed by atoms with Gasteiger partial charge >= 0.3 is 0 Å². The van der Waals surface area contributed by atoms with Gasteiger partial charge in [-0.1, -0.05) is 0 Å². The van der Waals surface area contributed by atoms with E-state index in [1.807, 2.05) is 0 Å². The molecule has 2 N–H and O–H groups in total. The molecule has 1 aliphatic heterocycles. The number of aliphatic hydroxyl groups is 1. The van der Waals surface area contributed by atoms with Gasteiger partial charge < -0.3 is 10.4 Å². The van der Waals surface area contributed by atoms with Crippen LogP contribution in [0.15, 0.2) is 6.33 Å². The van der Waals surface area contributed by atoms with Gasteiger partial charge in [-0.05, 0) is 31.2 Å². The summed E-state index contributed by atoms with van der Waals surface area (Å²) < 4.78 is 23.1. The van der Waals surface area contributed by atoms with Crippen LogP contribution in [0.4, 0.5) is 5.82 Å². The molecule has 22 heavy (non-hydrogen) atoms. The number of hydrogen-bond acceptors (Lipinski definition) is 7. The van der Waals surface area contributed by atoms with Crippen LogP contribution in [-0.4, -0.2) is 47.1 Å². The predicted molar refractivity (Wildman–Crippen MR) is 86.2 cm³/mol. The van der Waals surface area contributed by atoms with E-state index in [4.69, 9.17) is 0 Å². The minimum Gasteiger partial charge on any atom is -0.387 e. The molecule has 2 aliphatic rings. The van der Waals surface area contributed by atoms with Crippen molar-refractivity contribution in [1.82, 2.24) is 9.97 Å². The van der Waals surface area contributed by atoms with Crippen LogP contribution in [0, 0.1) is 0 Å². The minimum atomic E-state index is -3.12. The second-order valence-electron chi connectivity index (χ2n) is 6.18. The number of thiophene rings is 1. The maximum absolute atomic E-state index is 11.6. The Morgan fingerprint density at radius 1 is 1.36 bits per heavy atom. The molecule has 1 aliphatic carbocycles. The Morgan fingerprint density at radius 3 is 3.00 bits per heavy atom. The highest BCUT2D eigenvalue weighted by Gasteiger charge is 2.40. The number of aryl methyl sites for hydroxylation is 2. The second kappa shape index (κ2) is 4.87. The molecule has 0 radical (unpaired) electrons. The fourth-order valence-electron chi connectivity index (χ4n) is 3.35. The molecule has 0 amide bonds. The summed E-state index contributed by atoms with van der Waals surface area (Å²) in [5, 5.41) is 14.6. The van der Waals surface area contributed by atoms with E-state index in [1.54, 1.807) is 11.3 Å². The van der Waals surface area contributed by atoms with Crippen molar-refractivity contribution >= 4 is 37.2 Å². The third-order valence-corrected chi connectivity index (χ3v) is 7.46. The van der Waals surface area contributed by atoms with Gasteiger partial charge in [-0.2, -0.15) is 0 Å². The predicted octanol–water partition coefficient (Wildman–Crippen LogP) is 1.14. The van der Waals surface area contributed by atoms with E-state index in [1.165, 1.54) is 16.8 Å². The fraction of sp³-hybridized carbons (Fsp3) is 0.571. The first kappa shape index (κ1) is 14.3. The summed E-state index contributed by atoms with van der Waals surface area (Å²) in [5.41, 5.74) is 0.115. The Kier molecular flexibility index (Phi) is 3.18. The number of sulfone groups is 1. The number of anilines is 1. The number of aromatic nitrogens is 2. The van der Waals surface area contributed by atoms with E-state index in [0.29, 0.717) is 5.82 Å². The van der Waals surface area contributed by atoms with Crippen molar-refractivity contribution in [2.24, 2.45) is 0 Å². The lowest BCUT2D eigenvalue weighted by Crippen LogP contribution is -2.38. The van der Waals surface area contributed by atoms with Crippen molar-refractivity contribution in [3.8, 4) is 0 Å². The normalized spacial score (nSPS) is 26.4. The van der Waals surface area contributed by atoms with Crippen LogP contribution in [0.1, 0.15) is 23.3 Å². The van der Waals surface area contributed by atoms with Gasteiger partial charge in [0.15, 0.2) is 9.84 Å². The Labute approximate surface area is 132 Å². The molecule has 0 spiro atoms. The number of fused-ring (bicyclic) bond motifs is 3. The van der Waals surface area contributed by atoms with Crippen LogP contribution in [-0.2, 0) is 22.7 Å². The van der Waals surface area contributed by atoms with Crippen LogP contribution >= 0.6 is 11.3 Å². The van der Waals surface area contributed by atoms with Crippen molar-refractivity contribution in [2.75, 3.05) is 23.4 Å². The first-order chi connectivity index (χ1) is 10.5. The van der Waals surface area contributed by atoms with Gasteiger partial charge in [0.2, 0.25) is 0 Å². The smallest absolute Gasteiger partial charge is 0.153 e. The van der Waals surface area contributed by atoms with Gasteiger partial charge in [0, 0.05) is 11.4 Å². The molecule has 1 atom stereocenters. The van der Waals surface area contributed by atoms with E-state index < -0.39 is 15.4 Å². The molecular formula is C14H17N3O3S2. The second-order valence-corrected chi connectivity index (χ2v) is 9.45. The topological polar surface area (TPSA) is 92.2 Å². The van der Waals surface area contributed by atoms with Gasteiger partial charge in [-0.15, -0.1) is 11.3 Å². The quantitative estimate of drug-likeness (QED) is 0.871. The van der Waals surface area contributed by atoms with E-state index in [9.17, 15) is 13.5 Å². The lowest BCUT2D eigenvalue weighted by Gasteiger charge is -2.21. The summed E-state index contributed by atoms with van der Waals surface area (Å²) in [6.07, 6.45) is 5.09. The van der Waals surface area contributed by atoms with Gasteiger partial charge in [-0.25, -0.2) is 18.4 Å². The zero-order chi connectivity index (χ0) is 15.4. The first-order valence-corrected chi connectivity index (χ1v) is 10.0. The summed E-state index contributed by atoms with van der Waals surface area (Å²) in [7, 11) is -3.12. The SMILES string of the molecule is O=S1(=O)CCC(O)(CNc2ncnc3sc4c(c23)CCC4)C1. The highest BCUT2D eigenvalue weighted by atomic mass is 32.2. The largest absolute Gasteiger partial charge is 0.387 e. The van der Waals surface area contributed by atoms with Crippen molar-refractivity contribution in [3.05, 3.63) is 16.8 Å². The van der Waals surface area contributed by atoms with Gasteiger partial charge in [0.1, 0.15) is 17.0 Å². The summed E-state index contributed by atoms with van der Waals surface area (Å²) >= 11 is 1.71. The van der Waals surface area contributed by atoms with Crippen LogP contribution in [0.5, 0.6) is 0 Å². The fourth-order valence-corrected chi connectivity index (χ4v) is 6.48. The molecule has 0 bridgehead atoms. The van der Waals surface area contributed by atoms with Crippen LogP contribution in [0.2, 0.25) is 0 Å². The molecular weight excluding hydrogens is 322 g/mol. The highest BCUT2D eigenvalue weighted by molar-refractivity contribution is 7.91. The van der Waals surface area contributed by atoms with Crippen LogP contribution < -0.4 is 5.32 Å². The Balaban J connectivity index is 1.63. The van der Waals surface area contributed by atoms with Gasteiger partial charge in [0.25, 0.3) is 0 Å². The number of rotatable bonds is 3. The third-order valence-electron chi connectivity index (χ3n) is 4.45. The average Bonchev–Trinajstić information content (AvgIpc) is 3.09. The molecule has 0 aromatic carbocycles. The van der Waals surface area contributed by atoms with E-state index in [-0.39, 0.29) is 24.5 Å². The standard InChI is InChI=1S/C14H17N3O3S2/c18-14(4-5-22(19,20)7-14)6-15-12-11-9-2-1-3-10(9)21-13(11)17-8-16-12/h8,18H,1-7H2,(H,15,16,17). The molecule has 1 unspecified atom stereocenters. The monoisotopic (exact) mass is 339 g/mol. The van der Waals surface area contributed by atoms with Crippen LogP contribution in [0.3, 0.4) is 0 Å². The lowest BCUT2D eigenvalue weighted by atomic mass is 10.0. The Morgan fingerprint density at radius 2 is 2.23 bits per heavy atom. The molecule has 2 aromatic rings. The highest BCUT2D eigenvalue weighted by Crippen LogP contribution is 2.39. The average molecular weight is 339 g/mol. The minimum absolute atomic E-state index is 0.0538. The zero-order valence-electron chi connectivity index (χ0n) is 12.0. The summed E-state index contributed by atoms with van der Waals surface area (Å²) in [4.78, 5) is 11.0. The van der Waals surface area contributed by atoms with Crippen molar-refractivity contribution in [3.63, 3.8) is 0 Å². The maximum atomic E-state index is 11.6. The molecule has 0 saturated carbocycles. The molecule has 8 heteroatoms. The van der Waals surface area contributed by atoms with Crippen molar-refractivity contribution in [2.45, 2.75) is 31.3 Å². The van der Waals surface area contributed by atoms with E-state index in [0.717, 1.165) is 29.5 Å². The third kappa shape index (κ3) is 2.39. The Hall–Kier alpha value is -1.25. The van der Waals surface area contributed by atoms with Crippen molar-refractivity contribution in [1.29, 1.82) is 0 Å². The molecule has 6 nitrogen and oxygen atoms in total. The molecule has 1 saturated heterocycles. The van der Waals surface area contributed by atoms with Gasteiger partial charge in [-0.3, -0.25) is 0 Å². The molecule has 3 heterocycles. The van der Waals surface area contributed by atoms with Gasteiger partial charge in [0.05, 0.1) is 22.5 Å². The summed E-state index contributed by atoms with van der Waals surface area (Å²) in [6, 6.07) is 0. The van der Waals surface area contributed by atoms with Crippen LogP contribution in [0.25, 0.3) is 10.2 Å². The summed E-state index contributed by atoms with van der Waals surface area (Å²) in [6.45, 7) is 0.197. The zero-order valence-corrected chi connectivity index (χ0v) is 13.6. The molecule has 2 aromatic heterocycles.